The molecule has 3 rings (SSSR count). The van der Waals surface area contributed by atoms with Crippen LogP contribution in [-0.4, -0.2) is 19.6 Å². The Kier molecular flexibility index (Phi) is 3.94. The molecule has 1 N–H and O–H groups in total. The molecule has 5 nitrogen and oxygen atoms in total. The van der Waals surface area contributed by atoms with E-state index in [2.05, 4.69) is 20.4 Å². The summed E-state index contributed by atoms with van der Waals surface area (Å²) in [6.07, 6.45) is 2.26. The zero-order chi connectivity index (χ0) is 15.7. The van der Waals surface area contributed by atoms with Crippen LogP contribution in [0.3, 0.4) is 0 Å². The number of nitrogens with one attached hydrogen (secondary N) is 1. The van der Waals surface area contributed by atoms with E-state index in [1.807, 2.05) is 19.9 Å². The number of benzene rings is 1. The predicted molar refractivity (Wildman–Crippen MR) is 83.6 cm³/mol. The van der Waals surface area contributed by atoms with Crippen LogP contribution in [0.25, 0.3) is 5.78 Å². The van der Waals surface area contributed by atoms with E-state index in [1.165, 1.54) is 18.5 Å². The van der Waals surface area contributed by atoms with Gasteiger partial charge in [-0.2, -0.15) is 14.6 Å². The third-order valence-electron chi connectivity index (χ3n) is 3.46. The molecular weight excluding hydrogens is 305 g/mol. The summed E-state index contributed by atoms with van der Waals surface area (Å²) in [4.78, 5) is 8.52. The average molecular weight is 320 g/mol. The van der Waals surface area contributed by atoms with Crippen LogP contribution >= 0.6 is 11.6 Å². The van der Waals surface area contributed by atoms with Crippen molar-refractivity contribution in [1.29, 1.82) is 0 Å². The van der Waals surface area contributed by atoms with E-state index < -0.39 is 0 Å². The van der Waals surface area contributed by atoms with E-state index in [9.17, 15) is 4.39 Å². The van der Waals surface area contributed by atoms with Gasteiger partial charge >= 0.3 is 0 Å². The highest BCUT2D eigenvalue weighted by molar-refractivity contribution is 6.31. The van der Waals surface area contributed by atoms with Gasteiger partial charge in [0.2, 0.25) is 0 Å². The van der Waals surface area contributed by atoms with Crippen molar-refractivity contribution in [3.8, 4) is 0 Å². The van der Waals surface area contributed by atoms with Gasteiger partial charge in [0.1, 0.15) is 18.0 Å². The number of fused-ring (bicyclic) bond motifs is 1. The van der Waals surface area contributed by atoms with Gasteiger partial charge in [-0.05, 0) is 31.0 Å². The summed E-state index contributed by atoms with van der Waals surface area (Å²) in [6.45, 7) is 3.98. The molecule has 2 aromatic heterocycles. The number of halogens is 2. The molecule has 0 saturated carbocycles. The van der Waals surface area contributed by atoms with E-state index in [0.717, 1.165) is 23.5 Å². The van der Waals surface area contributed by atoms with Gasteiger partial charge in [-0.3, -0.25) is 0 Å². The number of aryl methyl sites for hydroxylation is 1. The van der Waals surface area contributed by atoms with Crippen LogP contribution < -0.4 is 5.32 Å². The third-order valence-corrected chi connectivity index (χ3v) is 3.79. The molecule has 114 valence electrons. The molecule has 0 radical (unpaired) electrons. The number of rotatable bonds is 4. The second kappa shape index (κ2) is 5.88. The first kappa shape index (κ1) is 14.7. The molecule has 0 spiro atoms. The minimum atomic E-state index is -0.350. The van der Waals surface area contributed by atoms with Crippen molar-refractivity contribution >= 4 is 23.2 Å². The van der Waals surface area contributed by atoms with Gasteiger partial charge in [0.25, 0.3) is 5.78 Å². The summed E-state index contributed by atoms with van der Waals surface area (Å²) in [6, 6.07) is 6.19. The van der Waals surface area contributed by atoms with Gasteiger partial charge < -0.3 is 5.32 Å². The van der Waals surface area contributed by atoms with E-state index in [4.69, 9.17) is 11.6 Å². The van der Waals surface area contributed by atoms with Gasteiger partial charge in [0.05, 0.1) is 6.04 Å². The van der Waals surface area contributed by atoms with Crippen LogP contribution in [0, 0.1) is 5.82 Å². The summed E-state index contributed by atoms with van der Waals surface area (Å²) in [5, 5.41) is 7.89. The van der Waals surface area contributed by atoms with Crippen molar-refractivity contribution in [2.24, 2.45) is 0 Å². The Bertz CT molecular complexity index is 817. The lowest BCUT2D eigenvalue weighted by molar-refractivity contribution is 0.626. The van der Waals surface area contributed by atoms with Crippen LogP contribution in [0.4, 0.5) is 10.2 Å². The lowest BCUT2D eigenvalue weighted by Gasteiger charge is -2.18. The summed E-state index contributed by atoms with van der Waals surface area (Å²) in [5.74, 6) is 0.961. The molecular formula is C15H15ClFN5. The molecule has 0 bridgehead atoms. The average Bonchev–Trinajstić information content (AvgIpc) is 2.95. The lowest BCUT2D eigenvalue weighted by Crippen LogP contribution is -2.12. The molecule has 2 heterocycles. The van der Waals surface area contributed by atoms with Gasteiger partial charge in [-0.15, -0.1) is 0 Å². The van der Waals surface area contributed by atoms with Crippen molar-refractivity contribution in [3.63, 3.8) is 0 Å². The minimum absolute atomic E-state index is 0.118. The maximum absolute atomic E-state index is 13.2. The zero-order valence-corrected chi connectivity index (χ0v) is 13.0. The van der Waals surface area contributed by atoms with Crippen LogP contribution in [-0.2, 0) is 6.42 Å². The fourth-order valence-corrected chi connectivity index (χ4v) is 2.63. The van der Waals surface area contributed by atoms with Crippen molar-refractivity contribution in [3.05, 3.63) is 52.7 Å². The number of aromatic nitrogens is 4. The lowest BCUT2D eigenvalue weighted by atomic mass is 10.1. The summed E-state index contributed by atoms with van der Waals surface area (Å²) in [7, 11) is 0. The Morgan fingerprint density at radius 3 is 2.91 bits per heavy atom. The first-order valence-corrected chi connectivity index (χ1v) is 7.37. The smallest absolute Gasteiger partial charge is 0.254 e. The fourth-order valence-electron chi connectivity index (χ4n) is 2.30. The van der Waals surface area contributed by atoms with Gasteiger partial charge in [0.15, 0.2) is 0 Å². The molecule has 1 atom stereocenters. The molecule has 1 unspecified atom stereocenters. The second-order valence-corrected chi connectivity index (χ2v) is 5.40. The predicted octanol–water partition coefficient (Wildman–Crippen LogP) is 3.65. The van der Waals surface area contributed by atoms with Crippen LogP contribution in [0.5, 0.6) is 0 Å². The Morgan fingerprint density at radius 2 is 2.18 bits per heavy atom. The van der Waals surface area contributed by atoms with Crippen LogP contribution in [0.1, 0.15) is 31.1 Å². The van der Waals surface area contributed by atoms with Crippen LogP contribution in [0.2, 0.25) is 5.02 Å². The Morgan fingerprint density at radius 1 is 1.36 bits per heavy atom. The SMILES string of the molecule is CCc1cc(NC(C)c2ccc(F)cc2Cl)n2ncnc2n1. The summed E-state index contributed by atoms with van der Waals surface area (Å²) >= 11 is 6.12. The third kappa shape index (κ3) is 2.74. The molecule has 0 saturated heterocycles. The summed E-state index contributed by atoms with van der Waals surface area (Å²) in [5.41, 5.74) is 1.73. The molecule has 0 aliphatic carbocycles. The molecule has 3 aromatic rings. The maximum atomic E-state index is 13.2. The topological polar surface area (TPSA) is 55.1 Å². The van der Waals surface area contributed by atoms with Gasteiger partial charge in [-0.25, -0.2) is 9.37 Å². The van der Waals surface area contributed by atoms with E-state index in [1.54, 1.807) is 10.6 Å². The van der Waals surface area contributed by atoms with E-state index in [0.29, 0.717) is 10.8 Å². The number of anilines is 1. The van der Waals surface area contributed by atoms with E-state index >= 15 is 0 Å². The Hall–Kier alpha value is -2.21. The number of hydrogen-bond acceptors (Lipinski definition) is 4. The van der Waals surface area contributed by atoms with Gasteiger partial charge in [0, 0.05) is 16.8 Å². The first-order chi connectivity index (χ1) is 10.6. The second-order valence-electron chi connectivity index (χ2n) is 4.99. The normalized spacial score (nSPS) is 12.5. The van der Waals surface area contributed by atoms with Crippen molar-refractivity contribution in [2.75, 3.05) is 5.32 Å². The highest BCUT2D eigenvalue weighted by Crippen LogP contribution is 2.26. The fraction of sp³-hybridized carbons (Fsp3) is 0.267. The standard InChI is InChI=1S/C15H15ClFN5/c1-3-11-7-14(22-15(21-11)18-8-19-22)20-9(2)12-5-4-10(17)6-13(12)16/h4-9,20H,3H2,1-2H3. The Labute approximate surface area is 132 Å². The number of hydrogen-bond donors (Lipinski definition) is 1. The quantitative estimate of drug-likeness (QED) is 0.797. The van der Waals surface area contributed by atoms with Crippen molar-refractivity contribution in [1.82, 2.24) is 19.6 Å². The van der Waals surface area contributed by atoms with Crippen molar-refractivity contribution in [2.45, 2.75) is 26.3 Å². The number of nitrogens with zero attached hydrogens (tertiary/aromatic N) is 4. The zero-order valence-electron chi connectivity index (χ0n) is 12.2. The van der Waals surface area contributed by atoms with Crippen LogP contribution in [0.15, 0.2) is 30.6 Å². The maximum Gasteiger partial charge on any atom is 0.254 e. The molecule has 0 aliphatic rings. The minimum Gasteiger partial charge on any atom is -0.363 e. The largest absolute Gasteiger partial charge is 0.363 e. The Balaban J connectivity index is 1.96. The molecule has 1 aromatic carbocycles. The van der Waals surface area contributed by atoms with E-state index in [-0.39, 0.29) is 11.9 Å². The molecule has 0 fully saturated rings. The first-order valence-electron chi connectivity index (χ1n) is 6.99. The van der Waals surface area contributed by atoms with Crippen molar-refractivity contribution < 1.29 is 4.39 Å². The highest BCUT2D eigenvalue weighted by Gasteiger charge is 2.13. The highest BCUT2D eigenvalue weighted by atomic mass is 35.5. The monoisotopic (exact) mass is 319 g/mol. The summed E-state index contributed by atoms with van der Waals surface area (Å²) < 4.78 is 14.8. The molecule has 0 aliphatic heterocycles. The molecule has 7 heteroatoms. The van der Waals surface area contributed by atoms with Gasteiger partial charge in [-0.1, -0.05) is 24.6 Å². The molecule has 0 amide bonds. The molecule has 22 heavy (non-hydrogen) atoms.